The van der Waals surface area contributed by atoms with E-state index in [1.807, 2.05) is 6.92 Å². The van der Waals surface area contributed by atoms with Crippen LogP contribution in [0.1, 0.15) is 33.6 Å². The highest BCUT2D eigenvalue weighted by molar-refractivity contribution is 5.69. The van der Waals surface area contributed by atoms with Crippen molar-refractivity contribution in [2.75, 3.05) is 17.7 Å². The Bertz CT molecular complexity index is 438. The second kappa shape index (κ2) is 6.86. The van der Waals surface area contributed by atoms with Gasteiger partial charge in [0.2, 0.25) is 11.6 Å². The van der Waals surface area contributed by atoms with Gasteiger partial charge in [0, 0.05) is 13.1 Å². The van der Waals surface area contributed by atoms with Crippen LogP contribution in [0.15, 0.2) is 6.33 Å². The van der Waals surface area contributed by atoms with Crippen LogP contribution >= 0.6 is 0 Å². The van der Waals surface area contributed by atoms with Gasteiger partial charge in [0.25, 0.3) is 0 Å². The van der Waals surface area contributed by atoms with Gasteiger partial charge in [-0.3, -0.25) is 10.1 Å². The molecule has 2 unspecified atom stereocenters. The summed E-state index contributed by atoms with van der Waals surface area (Å²) in [5.74, 6) is 1.05. The molecule has 0 aliphatic carbocycles. The van der Waals surface area contributed by atoms with Gasteiger partial charge in [-0.1, -0.05) is 20.3 Å². The fraction of sp³-hybridized carbons (Fsp3) is 0.667. The fourth-order valence-electron chi connectivity index (χ4n) is 1.90. The first kappa shape index (κ1) is 15.1. The van der Waals surface area contributed by atoms with E-state index < -0.39 is 4.92 Å². The molecule has 7 nitrogen and oxygen atoms in total. The van der Waals surface area contributed by atoms with E-state index in [1.165, 1.54) is 6.33 Å². The Hall–Kier alpha value is -1.92. The molecule has 1 heterocycles. The maximum atomic E-state index is 11.1. The lowest BCUT2D eigenvalue weighted by Crippen LogP contribution is -2.20. The zero-order chi connectivity index (χ0) is 14.4. The van der Waals surface area contributed by atoms with Gasteiger partial charge in [-0.05, 0) is 19.3 Å². The molecule has 106 valence electrons. The molecular weight excluding hydrogens is 246 g/mol. The zero-order valence-electron chi connectivity index (χ0n) is 11.8. The van der Waals surface area contributed by atoms with Crippen molar-refractivity contribution in [3.05, 3.63) is 16.4 Å². The summed E-state index contributed by atoms with van der Waals surface area (Å²) in [6, 6.07) is 0.119. The topological polar surface area (TPSA) is 93.0 Å². The van der Waals surface area contributed by atoms with Crippen molar-refractivity contribution in [3.8, 4) is 0 Å². The minimum atomic E-state index is -0.468. The van der Waals surface area contributed by atoms with Gasteiger partial charge >= 0.3 is 5.69 Å². The van der Waals surface area contributed by atoms with E-state index in [9.17, 15) is 10.1 Å². The standard InChI is InChI=1S/C12H21N5O2/c1-5-8(2)6-9(3)16-12-10(17(18)19)11(13-4)14-7-15-12/h7-9H,5-6H2,1-4H3,(H2,13,14,15,16). The smallest absolute Gasteiger partial charge is 0.353 e. The van der Waals surface area contributed by atoms with E-state index in [4.69, 9.17) is 0 Å². The highest BCUT2D eigenvalue weighted by Gasteiger charge is 2.23. The first-order chi connectivity index (χ1) is 8.99. The molecule has 1 rings (SSSR count). The van der Waals surface area contributed by atoms with Crippen molar-refractivity contribution in [3.63, 3.8) is 0 Å². The summed E-state index contributed by atoms with van der Waals surface area (Å²) in [5.41, 5.74) is -0.110. The number of hydrogen-bond acceptors (Lipinski definition) is 6. The maximum Gasteiger partial charge on any atom is 0.353 e. The number of aromatic nitrogens is 2. The van der Waals surface area contributed by atoms with Crippen LogP contribution in [0.2, 0.25) is 0 Å². The fourth-order valence-corrected chi connectivity index (χ4v) is 1.90. The molecule has 0 spiro atoms. The van der Waals surface area contributed by atoms with Gasteiger partial charge in [-0.15, -0.1) is 0 Å². The van der Waals surface area contributed by atoms with E-state index in [1.54, 1.807) is 7.05 Å². The number of hydrogen-bond donors (Lipinski definition) is 2. The van der Waals surface area contributed by atoms with Gasteiger partial charge in [0.1, 0.15) is 6.33 Å². The average Bonchev–Trinajstić information content (AvgIpc) is 2.37. The predicted octanol–water partition coefficient (Wildman–Crippen LogP) is 2.66. The molecule has 0 aliphatic heterocycles. The Balaban J connectivity index is 2.91. The molecule has 2 atom stereocenters. The number of nitrogens with one attached hydrogen (secondary N) is 2. The molecule has 0 amide bonds. The Morgan fingerprint density at radius 3 is 2.53 bits per heavy atom. The van der Waals surface area contributed by atoms with Crippen LogP contribution in [-0.2, 0) is 0 Å². The monoisotopic (exact) mass is 267 g/mol. The first-order valence-corrected chi connectivity index (χ1v) is 6.43. The van der Waals surface area contributed by atoms with Crippen molar-refractivity contribution in [2.45, 2.75) is 39.7 Å². The zero-order valence-corrected chi connectivity index (χ0v) is 11.8. The Kier molecular flexibility index (Phi) is 5.47. The van der Waals surface area contributed by atoms with Gasteiger partial charge < -0.3 is 10.6 Å². The van der Waals surface area contributed by atoms with Crippen molar-refractivity contribution in [2.24, 2.45) is 5.92 Å². The molecule has 0 bridgehead atoms. The molecule has 0 aliphatic rings. The van der Waals surface area contributed by atoms with Gasteiger partial charge in [0.05, 0.1) is 4.92 Å². The molecule has 1 aromatic heterocycles. The van der Waals surface area contributed by atoms with Gasteiger partial charge in [-0.25, -0.2) is 9.97 Å². The third-order valence-electron chi connectivity index (χ3n) is 3.08. The van der Waals surface area contributed by atoms with Crippen LogP contribution < -0.4 is 10.6 Å². The van der Waals surface area contributed by atoms with Crippen LogP contribution in [0.4, 0.5) is 17.3 Å². The molecule has 1 aromatic rings. The van der Waals surface area contributed by atoms with Crippen molar-refractivity contribution in [1.82, 2.24) is 9.97 Å². The minimum Gasteiger partial charge on any atom is -0.367 e. The van der Waals surface area contributed by atoms with Gasteiger partial charge in [-0.2, -0.15) is 0 Å². The lowest BCUT2D eigenvalue weighted by Gasteiger charge is -2.18. The lowest BCUT2D eigenvalue weighted by atomic mass is 10.0. The molecule has 0 fully saturated rings. The second-order valence-corrected chi connectivity index (χ2v) is 4.72. The van der Waals surface area contributed by atoms with Crippen LogP contribution in [0.3, 0.4) is 0 Å². The Labute approximate surface area is 113 Å². The summed E-state index contributed by atoms with van der Waals surface area (Å²) in [6.07, 6.45) is 3.34. The quantitative estimate of drug-likeness (QED) is 0.582. The third-order valence-corrected chi connectivity index (χ3v) is 3.08. The summed E-state index contributed by atoms with van der Waals surface area (Å²) < 4.78 is 0. The van der Waals surface area contributed by atoms with Crippen LogP contribution in [0.5, 0.6) is 0 Å². The summed E-state index contributed by atoms with van der Waals surface area (Å²) in [4.78, 5) is 18.5. The van der Waals surface area contributed by atoms with Crippen molar-refractivity contribution < 1.29 is 4.92 Å². The number of rotatable bonds is 7. The largest absolute Gasteiger partial charge is 0.367 e. The molecule has 2 N–H and O–H groups in total. The molecule has 19 heavy (non-hydrogen) atoms. The maximum absolute atomic E-state index is 11.1. The number of nitro groups is 1. The van der Waals surface area contributed by atoms with E-state index in [2.05, 4.69) is 34.4 Å². The summed E-state index contributed by atoms with van der Waals surface area (Å²) >= 11 is 0. The van der Waals surface area contributed by atoms with Crippen LogP contribution in [0, 0.1) is 16.0 Å². The summed E-state index contributed by atoms with van der Waals surface area (Å²) in [5, 5.41) is 16.9. The van der Waals surface area contributed by atoms with E-state index >= 15 is 0 Å². The normalized spacial score (nSPS) is 13.7. The Morgan fingerprint density at radius 1 is 1.37 bits per heavy atom. The van der Waals surface area contributed by atoms with Crippen LogP contribution in [0.25, 0.3) is 0 Å². The average molecular weight is 267 g/mol. The Morgan fingerprint density at radius 2 is 2.00 bits per heavy atom. The number of nitrogens with zero attached hydrogens (tertiary/aromatic N) is 3. The minimum absolute atomic E-state index is 0.110. The van der Waals surface area contributed by atoms with E-state index in [-0.39, 0.29) is 23.4 Å². The lowest BCUT2D eigenvalue weighted by molar-refractivity contribution is -0.383. The summed E-state index contributed by atoms with van der Waals surface area (Å²) in [6.45, 7) is 6.28. The van der Waals surface area contributed by atoms with Gasteiger partial charge in [0.15, 0.2) is 0 Å². The highest BCUT2D eigenvalue weighted by atomic mass is 16.6. The second-order valence-electron chi connectivity index (χ2n) is 4.72. The van der Waals surface area contributed by atoms with E-state index in [0.717, 1.165) is 12.8 Å². The third kappa shape index (κ3) is 4.04. The molecule has 0 radical (unpaired) electrons. The number of anilines is 2. The first-order valence-electron chi connectivity index (χ1n) is 6.43. The predicted molar refractivity (Wildman–Crippen MR) is 75.4 cm³/mol. The van der Waals surface area contributed by atoms with Crippen LogP contribution in [-0.4, -0.2) is 28.0 Å². The molecule has 0 saturated heterocycles. The molecule has 0 saturated carbocycles. The SMILES string of the molecule is CCC(C)CC(C)Nc1ncnc(NC)c1[N+](=O)[O-]. The highest BCUT2D eigenvalue weighted by Crippen LogP contribution is 2.29. The van der Waals surface area contributed by atoms with E-state index in [0.29, 0.717) is 5.92 Å². The molecule has 0 aromatic carbocycles. The molecular formula is C12H21N5O2. The summed E-state index contributed by atoms with van der Waals surface area (Å²) in [7, 11) is 1.60. The van der Waals surface area contributed by atoms with Crippen molar-refractivity contribution >= 4 is 17.3 Å². The molecule has 7 heteroatoms. The van der Waals surface area contributed by atoms with Crippen molar-refractivity contribution in [1.29, 1.82) is 0 Å².